The molecule has 0 spiro atoms. The monoisotopic (exact) mass is 549 g/mol. The average molecular weight is 550 g/mol. The smallest absolute Gasteiger partial charge is 0.267 e. The SMILES string of the molecule is C/C(=N/NC(=O)c1ccc(CN(Cc2ccc(F)cc2)S(=O)(=O)c2ccc(Cl)cc2)cc1)c1ccccc1. The Morgan fingerprint density at radius 3 is 1.95 bits per heavy atom. The number of amides is 1. The maximum Gasteiger partial charge on any atom is 0.271 e. The van der Waals surface area contributed by atoms with Gasteiger partial charge in [0.05, 0.1) is 10.6 Å². The fraction of sp³-hybridized carbons (Fsp3) is 0.103. The molecule has 0 aliphatic heterocycles. The molecular weight excluding hydrogens is 525 g/mol. The van der Waals surface area contributed by atoms with E-state index in [0.717, 1.165) is 5.56 Å². The van der Waals surface area contributed by atoms with Crippen molar-refractivity contribution in [1.29, 1.82) is 0 Å². The molecule has 0 saturated heterocycles. The molecule has 0 radical (unpaired) electrons. The Morgan fingerprint density at radius 1 is 0.816 bits per heavy atom. The highest BCUT2D eigenvalue weighted by Gasteiger charge is 2.25. The minimum atomic E-state index is -3.91. The van der Waals surface area contributed by atoms with E-state index in [2.05, 4.69) is 10.5 Å². The van der Waals surface area contributed by atoms with E-state index in [4.69, 9.17) is 11.6 Å². The molecule has 38 heavy (non-hydrogen) atoms. The lowest BCUT2D eigenvalue weighted by Gasteiger charge is -2.23. The van der Waals surface area contributed by atoms with E-state index in [0.29, 0.717) is 27.4 Å². The van der Waals surface area contributed by atoms with E-state index in [1.807, 2.05) is 30.3 Å². The summed E-state index contributed by atoms with van der Waals surface area (Å²) in [5.74, 6) is -0.790. The molecule has 0 saturated carbocycles. The van der Waals surface area contributed by atoms with Crippen molar-refractivity contribution in [3.05, 3.63) is 136 Å². The second-order valence-electron chi connectivity index (χ2n) is 8.55. The van der Waals surface area contributed by atoms with Gasteiger partial charge in [0, 0.05) is 23.7 Å². The molecule has 0 heterocycles. The van der Waals surface area contributed by atoms with Crippen LogP contribution in [0.5, 0.6) is 0 Å². The van der Waals surface area contributed by atoms with E-state index in [1.54, 1.807) is 43.3 Å². The van der Waals surface area contributed by atoms with Crippen molar-refractivity contribution in [2.45, 2.75) is 24.9 Å². The van der Waals surface area contributed by atoms with Gasteiger partial charge in [-0.2, -0.15) is 9.41 Å². The maximum absolute atomic E-state index is 13.5. The summed E-state index contributed by atoms with van der Waals surface area (Å²) in [6, 6.07) is 27.7. The number of benzene rings is 4. The van der Waals surface area contributed by atoms with E-state index in [1.165, 1.54) is 40.7 Å². The molecule has 0 unspecified atom stereocenters. The number of carbonyl (C=O) groups excluding carboxylic acids is 1. The lowest BCUT2D eigenvalue weighted by molar-refractivity contribution is 0.0955. The van der Waals surface area contributed by atoms with E-state index in [9.17, 15) is 17.6 Å². The molecule has 0 aromatic heterocycles. The topological polar surface area (TPSA) is 78.8 Å². The van der Waals surface area contributed by atoms with Gasteiger partial charge >= 0.3 is 0 Å². The Labute approximate surface area is 226 Å². The fourth-order valence-corrected chi connectivity index (χ4v) is 5.23. The van der Waals surface area contributed by atoms with Crippen LogP contribution < -0.4 is 5.43 Å². The Balaban J connectivity index is 1.52. The van der Waals surface area contributed by atoms with Gasteiger partial charge in [-0.1, -0.05) is 66.2 Å². The van der Waals surface area contributed by atoms with Gasteiger partial charge in [0.15, 0.2) is 0 Å². The van der Waals surface area contributed by atoms with Gasteiger partial charge < -0.3 is 0 Å². The zero-order valence-electron chi connectivity index (χ0n) is 20.5. The van der Waals surface area contributed by atoms with Crippen molar-refractivity contribution in [1.82, 2.24) is 9.73 Å². The molecule has 4 rings (SSSR count). The van der Waals surface area contributed by atoms with Crippen LogP contribution in [0, 0.1) is 5.82 Å². The average Bonchev–Trinajstić information content (AvgIpc) is 2.93. The summed E-state index contributed by atoms with van der Waals surface area (Å²) in [7, 11) is -3.91. The molecule has 4 aromatic carbocycles. The lowest BCUT2D eigenvalue weighted by atomic mass is 10.1. The number of hydrazone groups is 1. The summed E-state index contributed by atoms with van der Waals surface area (Å²) in [6.45, 7) is 1.87. The highest BCUT2D eigenvalue weighted by atomic mass is 35.5. The minimum Gasteiger partial charge on any atom is -0.267 e. The molecular formula is C29H25ClFN3O3S. The Bertz CT molecular complexity index is 1530. The highest BCUT2D eigenvalue weighted by molar-refractivity contribution is 7.89. The molecule has 0 aliphatic rings. The molecule has 0 fully saturated rings. The second-order valence-corrected chi connectivity index (χ2v) is 10.9. The molecule has 0 aliphatic carbocycles. The summed E-state index contributed by atoms with van der Waals surface area (Å²) in [5.41, 5.74) is 5.79. The van der Waals surface area contributed by atoms with Gasteiger partial charge in [-0.05, 0) is 72.1 Å². The predicted molar refractivity (Wildman–Crippen MR) is 147 cm³/mol. The summed E-state index contributed by atoms with van der Waals surface area (Å²) in [6.07, 6.45) is 0. The Hall–Kier alpha value is -3.85. The Kier molecular flexibility index (Phi) is 8.68. The van der Waals surface area contributed by atoms with Crippen LogP contribution in [0.2, 0.25) is 5.02 Å². The standard InChI is InChI=1S/C29H25ClFN3O3S/c1-21(24-5-3-2-4-6-24)32-33-29(35)25-11-7-22(8-12-25)19-34(20-23-9-15-27(31)16-10-23)38(36,37)28-17-13-26(30)14-18-28/h2-18H,19-20H2,1H3,(H,33,35)/b32-21-. The number of nitrogens with zero attached hydrogens (tertiary/aromatic N) is 2. The van der Waals surface area contributed by atoms with Gasteiger partial charge in [0.1, 0.15) is 5.82 Å². The van der Waals surface area contributed by atoms with Gasteiger partial charge in [-0.3, -0.25) is 4.79 Å². The summed E-state index contributed by atoms with van der Waals surface area (Å²) >= 11 is 5.94. The normalized spacial score (nSPS) is 11.9. The van der Waals surface area contributed by atoms with Gasteiger partial charge in [-0.25, -0.2) is 18.2 Å². The third-order valence-electron chi connectivity index (χ3n) is 5.82. The first-order chi connectivity index (χ1) is 18.2. The number of nitrogens with one attached hydrogen (secondary N) is 1. The quantitative estimate of drug-likeness (QED) is 0.205. The second kappa shape index (κ2) is 12.1. The number of hydrogen-bond acceptors (Lipinski definition) is 4. The van der Waals surface area contributed by atoms with Crippen molar-refractivity contribution in [3.63, 3.8) is 0 Å². The summed E-state index contributed by atoms with van der Waals surface area (Å²) < 4.78 is 41.7. The maximum atomic E-state index is 13.5. The summed E-state index contributed by atoms with van der Waals surface area (Å²) in [4.78, 5) is 12.7. The molecule has 9 heteroatoms. The summed E-state index contributed by atoms with van der Waals surface area (Å²) in [5, 5.41) is 4.58. The zero-order chi connectivity index (χ0) is 27.1. The first-order valence-corrected chi connectivity index (χ1v) is 13.5. The van der Waals surface area contributed by atoms with Crippen LogP contribution in [-0.4, -0.2) is 24.3 Å². The Morgan fingerprint density at radius 2 is 1.37 bits per heavy atom. The van der Waals surface area contributed by atoms with Crippen LogP contribution in [0.15, 0.2) is 113 Å². The van der Waals surface area contributed by atoms with Gasteiger partial charge in [0.2, 0.25) is 10.0 Å². The van der Waals surface area contributed by atoms with Crippen LogP contribution in [0.4, 0.5) is 4.39 Å². The number of hydrogen-bond donors (Lipinski definition) is 1. The van der Waals surface area contributed by atoms with Crippen LogP contribution in [0.3, 0.4) is 0 Å². The van der Waals surface area contributed by atoms with E-state index >= 15 is 0 Å². The van der Waals surface area contributed by atoms with Crippen molar-refractivity contribution in [2.24, 2.45) is 5.10 Å². The molecule has 194 valence electrons. The first kappa shape index (κ1) is 27.2. The molecule has 1 amide bonds. The largest absolute Gasteiger partial charge is 0.271 e. The predicted octanol–water partition coefficient (Wildman–Crippen LogP) is 6.02. The van der Waals surface area contributed by atoms with Gasteiger partial charge in [0.25, 0.3) is 5.91 Å². The zero-order valence-corrected chi connectivity index (χ0v) is 22.1. The third kappa shape index (κ3) is 6.92. The van der Waals surface area contributed by atoms with E-state index < -0.39 is 15.8 Å². The molecule has 0 bridgehead atoms. The first-order valence-electron chi connectivity index (χ1n) is 11.7. The van der Waals surface area contributed by atoms with E-state index in [-0.39, 0.29) is 23.9 Å². The van der Waals surface area contributed by atoms with Crippen molar-refractivity contribution in [2.75, 3.05) is 0 Å². The number of halogens is 2. The van der Waals surface area contributed by atoms with Crippen molar-refractivity contribution >= 4 is 33.2 Å². The molecule has 6 nitrogen and oxygen atoms in total. The number of carbonyl (C=O) groups is 1. The van der Waals surface area contributed by atoms with Crippen molar-refractivity contribution in [3.8, 4) is 0 Å². The molecule has 1 N–H and O–H groups in total. The lowest BCUT2D eigenvalue weighted by Crippen LogP contribution is -2.30. The highest BCUT2D eigenvalue weighted by Crippen LogP contribution is 2.23. The van der Waals surface area contributed by atoms with Crippen LogP contribution in [0.1, 0.15) is 34.0 Å². The van der Waals surface area contributed by atoms with Crippen LogP contribution in [-0.2, 0) is 23.1 Å². The van der Waals surface area contributed by atoms with Crippen molar-refractivity contribution < 1.29 is 17.6 Å². The third-order valence-corrected chi connectivity index (χ3v) is 7.87. The number of sulfonamides is 1. The van der Waals surface area contributed by atoms with Crippen LogP contribution >= 0.6 is 11.6 Å². The van der Waals surface area contributed by atoms with Gasteiger partial charge in [-0.15, -0.1) is 0 Å². The molecule has 0 atom stereocenters. The molecule has 4 aromatic rings. The fourth-order valence-electron chi connectivity index (χ4n) is 3.68. The van der Waals surface area contributed by atoms with Crippen LogP contribution in [0.25, 0.3) is 0 Å². The number of rotatable bonds is 9. The minimum absolute atomic E-state index is 0.0287.